The second kappa shape index (κ2) is 9.16. The number of carbonyl (C=O) groups excluding carboxylic acids is 1. The molecule has 2 aliphatic heterocycles. The summed E-state index contributed by atoms with van der Waals surface area (Å²) < 4.78 is 54.2. The van der Waals surface area contributed by atoms with E-state index in [9.17, 15) is 22.2 Å². The van der Waals surface area contributed by atoms with Crippen molar-refractivity contribution in [3.63, 3.8) is 0 Å². The van der Waals surface area contributed by atoms with Gasteiger partial charge in [-0.2, -0.15) is 13.2 Å². The number of hydrogen-bond donors (Lipinski definition) is 2. The van der Waals surface area contributed by atoms with E-state index in [1.54, 1.807) is 7.05 Å². The molecule has 1 amide bonds. The average Bonchev–Trinajstić information content (AvgIpc) is 3.23. The molecule has 4 heterocycles. The molecule has 0 radical (unpaired) electrons. The smallest absolute Gasteiger partial charge is 0.340 e. The average molecular weight is 542 g/mol. The van der Waals surface area contributed by atoms with Crippen molar-refractivity contribution < 1.29 is 22.2 Å². The van der Waals surface area contributed by atoms with Crippen molar-refractivity contribution in [2.45, 2.75) is 24.0 Å². The summed E-state index contributed by atoms with van der Waals surface area (Å²) in [5.41, 5.74) is 1.17. The van der Waals surface area contributed by atoms with Crippen LogP contribution in [0.25, 0.3) is 10.6 Å². The van der Waals surface area contributed by atoms with Crippen molar-refractivity contribution in [3.8, 4) is 10.6 Å². The molecule has 5 rings (SSSR count). The second-order valence-electron chi connectivity index (χ2n) is 8.19. The molecule has 0 spiro atoms. The molecule has 1 aromatic carbocycles. The lowest BCUT2D eigenvalue weighted by atomic mass is 10.0. The van der Waals surface area contributed by atoms with Crippen LogP contribution in [0, 0.1) is 0 Å². The lowest BCUT2D eigenvalue weighted by Gasteiger charge is -2.19. The first-order valence-corrected chi connectivity index (χ1v) is 13.1. The Bertz CT molecular complexity index is 1360. The zero-order valence-electron chi connectivity index (χ0n) is 18.3. The van der Waals surface area contributed by atoms with Crippen molar-refractivity contribution in [3.05, 3.63) is 51.0 Å². The minimum absolute atomic E-state index is 0.0771. The van der Waals surface area contributed by atoms with E-state index in [0.29, 0.717) is 30.0 Å². The van der Waals surface area contributed by atoms with Gasteiger partial charge in [0.05, 0.1) is 37.0 Å². The number of rotatable bonds is 3. The lowest BCUT2D eigenvalue weighted by molar-refractivity contribution is -0.137. The molecule has 0 bridgehead atoms. The van der Waals surface area contributed by atoms with E-state index in [1.165, 1.54) is 11.0 Å². The highest BCUT2D eigenvalue weighted by molar-refractivity contribution is 7.85. The Morgan fingerprint density at radius 1 is 1.26 bits per heavy atom. The molecule has 1 atom stereocenters. The maximum Gasteiger partial charge on any atom is 0.420 e. The quantitative estimate of drug-likeness (QED) is 0.509. The molecular formula is C22H19ClF3N5O2S2. The van der Waals surface area contributed by atoms with E-state index in [0.717, 1.165) is 35.4 Å². The fourth-order valence-electron chi connectivity index (χ4n) is 3.97. The number of nitrogens with zero attached hydrogens (tertiary/aromatic N) is 3. The summed E-state index contributed by atoms with van der Waals surface area (Å²) in [6.07, 6.45) is -3.20. The van der Waals surface area contributed by atoms with Gasteiger partial charge in [-0.15, -0.1) is 11.3 Å². The number of nitrogens with one attached hydrogen (secondary N) is 2. The maximum absolute atomic E-state index is 13.9. The minimum atomic E-state index is -4.73. The van der Waals surface area contributed by atoms with Gasteiger partial charge in [-0.25, -0.2) is 9.97 Å². The van der Waals surface area contributed by atoms with E-state index in [-0.39, 0.29) is 32.3 Å². The summed E-state index contributed by atoms with van der Waals surface area (Å²) >= 11 is 7.26. The number of hydrogen-bond acceptors (Lipinski definition) is 7. The topological polar surface area (TPSA) is 87.2 Å². The van der Waals surface area contributed by atoms with Crippen molar-refractivity contribution in [1.29, 1.82) is 0 Å². The van der Waals surface area contributed by atoms with Crippen LogP contribution in [0.4, 0.5) is 24.8 Å². The van der Waals surface area contributed by atoms with Crippen LogP contribution in [-0.4, -0.2) is 50.9 Å². The van der Waals surface area contributed by atoms with Gasteiger partial charge in [0, 0.05) is 32.1 Å². The molecule has 2 aliphatic rings. The zero-order chi connectivity index (χ0) is 24.9. The highest BCUT2D eigenvalue weighted by Crippen LogP contribution is 2.41. The van der Waals surface area contributed by atoms with Crippen LogP contribution < -0.4 is 10.6 Å². The molecule has 0 fully saturated rings. The molecule has 7 nitrogen and oxygen atoms in total. The first-order chi connectivity index (χ1) is 16.6. The fourth-order valence-corrected chi connectivity index (χ4v) is 6.94. The normalized spacial score (nSPS) is 18.1. The van der Waals surface area contributed by atoms with Crippen LogP contribution in [0.1, 0.15) is 26.4 Å². The Balaban J connectivity index is 1.58. The van der Waals surface area contributed by atoms with Crippen LogP contribution in [0.15, 0.2) is 29.3 Å². The third-order valence-electron chi connectivity index (χ3n) is 5.85. The highest BCUT2D eigenvalue weighted by Gasteiger charge is 2.37. The predicted molar refractivity (Wildman–Crippen MR) is 129 cm³/mol. The summed E-state index contributed by atoms with van der Waals surface area (Å²) in [5, 5.41) is 6.60. The van der Waals surface area contributed by atoms with Crippen molar-refractivity contribution in [1.82, 2.24) is 20.2 Å². The number of fused-ring (bicyclic) bond motifs is 2. The van der Waals surface area contributed by atoms with Crippen molar-refractivity contribution in [2.75, 3.05) is 31.2 Å². The zero-order valence-corrected chi connectivity index (χ0v) is 20.7. The summed E-state index contributed by atoms with van der Waals surface area (Å²) in [4.78, 5) is 22.6. The van der Waals surface area contributed by atoms with Crippen LogP contribution in [0.5, 0.6) is 0 Å². The molecule has 1 unspecified atom stereocenters. The predicted octanol–water partition coefficient (Wildman–Crippen LogP) is 4.46. The lowest BCUT2D eigenvalue weighted by Crippen LogP contribution is -2.27. The van der Waals surface area contributed by atoms with E-state index in [2.05, 4.69) is 20.6 Å². The van der Waals surface area contributed by atoms with Crippen LogP contribution in [-0.2, 0) is 29.9 Å². The molecule has 2 aromatic heterocycles. The first-order valence-electron chi connectivity index (χ1n) is 10.6. The summed E-state index contributed by atoms with van der Waals surface area (Å²) in [5.74, 6) is -0.246. The van der Waals surface area contributed by atoms with Gasteiger partial charge in [-0.05, 0) is 42.3 Å². The SMILES string of the molecule is CN1CCS(=O)c2cc(-c3nc(Nc4cc5c(cc4Cl)CCNC5)ncc3C(F)(F)F)sc2C1=O. The Kier molecular flexibility index (Phi) is 6.32. The van der Waals surface area contributed by atoms with Gasteiger partial charge < -0.3 is 15.5 Å². The van der Waals surface area contributed by atoms with E-state index in [4.69, 9.17) is 11.6 Å². The monoisotopic (exact) mass is 541 g/mol. The Morgan fingerprint density at radius 2 is 2.06 bits per heavy atom. The largest absolute Gasteiger partial charge is 0.420 e. The van der Waals surface area contributed by atoms with Gasteiger partial charge >= 0.3 is 6.18 Å². The molecule has 3 aromatic rings. The Hall–Kier alpha value is -2.54. The molecular weight excluding hydrogens is 523 g/mol. The molecule has 0 saturated carbocycles. The summed E-state index contributed by atoms with van der Waals surface area (Å²) in [6, 6.07) is 5.03. The number of carbonyl (C=O) groups is 1. The standard InChI is InChI=1S/C22H19ClF3N5O2S2/c1-31-4-5-35(33)17-8-16(34-19(17)20(31)32)18-13(22(24,25)26)10-28-21(30-18)29-15-7-12-9-27-3-2-11(12)6-14(15)23/h6-8,10,27H,2-5,9H2,1H3,(H,28,29,30). The van der Waals surface area contributed by atoms with Crippen LogP contribution >= 0.6 is 22.9 Å². The fraction of sp³-hybridized carbons (Fsp3) is 0.318. The highest BCUT2D eigenvalue weighted by atomic mass is 35.5. The van der Waals surface area contributed by atoms with E-state index >= 15 is 0 Å². The number of thiophene rings is 1. The number of anilines is 2. The van der Waals surface area contributed by atoms with Gasteiger partial charge in [0.25, 0.3) is 5.91 Å². The Labute approximate surface area is 210 Å². The van der Waals surface area contributed by atoms with Crippen LogP contribution in [0.2, 0.25) is 5.02 Å². The van der Waals surface area contributed by atoms with Gasteiger partial charge in [0.15, 0.2) is 0 Å². The first kappa shape index (κ1) is 24.2. The molecule has 35 heavy (non-hydrogen) atoms. The number of alkyl halides is 3. The maximum atomic E-state index is 13.9. The van der Waals surface area contributed by atoms with Crippen molar-refractivity contribution >= 4 is 51.3 Å². The summed E-state index contributed by atoms with van der Waals surface area (Å²) in [7, 11) is 0.0574. The number of amides is 1. The number of aromatic nitrogens is 2. The van der Waals surface area contributed by atoms with E-state index < -0.39 is 28.2 Å². The summed E-state index contributed by atoms with van der Waals surface area (Å²) in [6.45, 7) is 1.80. The molecule has 2 N–H and O–H groups in total. The molecule has 13 heteroatoms. The van der Waals surface area contributed by atoms with Gasteiger partial charge in [-0.3, -0.25) is 9.00 Å². The van der Waals surface area contributed by atoms with Crippen LogP contribution in [0.3, 0.4) is 0 Å². The molecule has 184 valence electrons. The second-order valence-corrected chi connectivity index (χ2v) is 11.2. The van der Waals surface area contributed by atoms with Gasteiger partial charge in [0.1, 0.15) is 10.4 Å². The minimum Gasteiger partial charge on any atom is -0.340 e. The Morgan fingerprint density at radius 3 is 2.83 bits per heavy atom. The van der Waals surface area contributed by atoms with E-state index in [1.807, 2.05) is 12.1 Å². The van der Waals surface area contributed by atoms with Crippen molar-refractivity contribution in [2.24, 2.45) is 0 Å². The molecule has 0 saturated heterocycles. The van der Waals surface area contributed by atoms with Gasteiger partial charge in [0.2, 0.25) is 5.95 Å². The van der Waals surface area contributed by atoms with Gasteiger partial charge in [-0.1, -0.05) is 11.6 Å². The number of benzene rings is 1. The number of halogens is 4. The third-order valence-corrected chi connectivity index (χ3v) is 8.78. The molecule has 0 aliphatic carbocycles. The third kappa shape index (κ3) is 4.67.